The zero-order chi connectivity index (χ0) is 27.2. The summed E-state index contributed by atoms with van der Waals surface area (Å²) >= 11 is 3.62. The molecule has 0 spiro atoms. The van der Waals surface area contributed by atoms with Gasteiger partial charge in [0.2, 0.25) is 5.95 Å². The van der Waals surface area contributed by atoms with Gasteiger partial charge in [-0.25, -0.2) is 28.4 Å². The fraction of sp³-hybridized carbons (Fsp3) is 0.423. The number of pyridine rings is 1. The summed E-state index contributed by atoms with van der Waals surface area (Å²) in [6.07, 6.45) is 1.18. The summed E-state index contributed by atoms with van der Waals surface area (Å²) in [6.45, 7) is 8.78. The van der Waals surface area contributed by atoms with Gasteiger partial charge in [-0.3, -0.25) is 0 Å². The summed E-state index contributed by atoms with van der Waals surface area (Å²) in [5.74, 6) is 0.0764. The van der Waals surface area contributed by atoms with Crippen molar-refractivity contribution in [3.8, 4) is 0 Å². The first kappa shape index (κ1) is 26.3. The summed E-state index contributed by atoms with van der Waals surface area (Å²) in [5.41, 5.74) is 1.65. The molecular formula is C26H28BrF3N8. The highest BCUT2D eigenvalue weighted by Gasteiger charge is 2.54. The highest BCUT2D eigenvalue weighted by molar-refractivity contribution is 9.10. The van der Waals surface area contributed by atoms with Crippen LogP contribution in [0.25, 0.3) is 10.9 Å². The van der Waals surface area contributed by atoms with E-state index >= 15 is 0 Å². The smallest absolute Gasteiger partial charge is 0.263 e. The quantitative estimate of drug-likeness (QED) is 0.235. The van der Waals surface area contributed by atoms with Crippen LogP contribution in [-0.2, 0) is 5.54 Å². The van der Waals surface area contributed by atoms with E-state index in [2.05, 4.69) is 72.6 Å². The summed E-state index contributed by atoms with van der Waals surface area (Å²) in [6, 6.07) is 6.03. The van der Waals surface area contributed by atoms with E-state index in [4.69, 9.17) is 0 Å². The number of aromatic nitrogens is 6. The fourth-order valence-corrected chi connectivity index (χ4v) is 4.89. The van der Waals surface area contributed by atoms with Crippen LogP contribution in [0.5, 0.6) is 0 Å². The minimum atomic E-state index is -2.55. The molecule has 0 saturated heterocycles. The molecule has 8 nitrogen and oxygen atoms in total. The Hall–Kier alpha value is -3.28. The molecule has 0 bridgehead atoms. The Balaban J connectivity index is 1.56. The number of rotatable bonds is 8. The van der Waals surface area contributed by atoms with E-state index < -0.39 is 24.0 Å². The van der Waals surface area contributed by atoms with Crippen molar-refractivity contribution in [3.63, 3.8) is 0 Å². The number of benzene rings is 1. The largest absolute Gasteiger partial charge is 0.373 e. The molecule has 0 radical (unpaired) electrons. The lowest BCUT2D eigenvalue weighted by Crippen LogP contribution is -2.26. The van der Waals surface area contributed by atoms with Crippen LogP contribution in [0, 0.1) is 18.3 Å². The standard InChI is InChI=1S/C26H28BrF3N8/c1-14-16(5-6-20(28)34-14)22(19-11-38(37-36-19)26(7-8-26)24(29)30)35-15-9-17-21(18(27)10-15)32-13-33-23(17)31-12-25(2,3)4/h5-6,9-11,13,22,24,35H,7-8,12H2,1-4H3,(H,31,32,33)/t22-/m0/s1. The average molecular weight is 589 g/mol. The highest BCUT2D eigenvalue weighted by atomic mass is 79.9. The molecule has 1 saturated carbocycles. The van der Waals surface area contributed by atoms with E-state index in [1.807, 2.05) is 12.1 Å². The zero-order valence-electron chi connectivity index (χ0n) is 21.4. The average Bonchev–Trinajstić information content (AvgIpc) is 3.52. The van der Waals surface area contributed by atoms with Gasteiger partial charge in [0.1, 0.15) is 23.4 Å². The van der Waals surface area contributed by atoms with Crippen molar-refractivity contribution in [1.82, 2.24) is 29.9 Å². The van der Waals surface area contributed by atoms with Crippen molar-refractivity contribution in [2.75, 3.05) is 17.2 Å². The van der Waals surface area contributed by atoms with Crippen LogP contribution >= 0.6 is 15.9 Å². The molecule has 3 aromatic heterocycles. The Bertz CT molecular complexity index is 1480. The van der Waals surface area contributed by atoms with Gasteiger partial charge in [-0.1, -0.05) is 32.1 Å². The van der Waals surface area contributed by atoms with Crippen molar-refractivity contribution in [2.45, 2.75) is 58.5 Å². The van der Waals surface area contributed by atoms with Crippen LogP contribution in [0.3, 0.4) is 0 Å². The molecule has 0 amide bonds. The molecule has 2 N–H and O–H groups in total. The number of anilines is 2. The first-order valence-electron chi connectivity index (χ1n) is 12.3. The molecule has 200 valence electrons. The molecule has 1 aliphatic rings. The lowest BCUT2D eigenvalue weighted by molar-refractivity contribution is 0.0593. The molecule has 0 aliphatic heterocycles. The molecule has 0 unspecified atom stereocenters. The van der Waals surface area contributed by atoms with Gasteiger partial charge < -0.3 is 10.6 Å². The molecular weight excluding hydrogens is 561 g/mol. The second-order valence-corrected chi connectivity index (χ2v) is 11.7. The van der Waals surface area contributed by atoms with Gasteiger partial charge in [-0.15, -0.1) is 5.10 Å². The maximum atomic E-state index is 13.9. The van der Waals surface area contributed by atoms with Crippen LogP contribution < -0.4 is 10.6 Å². The SMILES string of the molecule is Cc1nc(F)ccc1[C@H](Nc1cc(Br)c2ncnc(NCC(C)(C)C)c2c1)c1cn(C2(C(F)F)CC2)nn1. The summed E-state index contributed by atoms with van der Waals surface area (Å²) in [4.78, 5) is 12.8. The molecule has 5 rings (SSSR count). The fourth-order valence-electron chi connectivity index (χ4n) is 4.32. The molecule has 1 aliphatic carbocycles. The Kier molecular flexibility index (Phi) is 6.79. The third kappa shape index (κ3) is 5.18. The van der Waals surface area contributed by atoms with E-state index in [0.29, 0.717) is 47.8 Å². The van der Waals surface area contributed by atoms with Crippen LogP contribution in [-0.4, -0.2) is 42.9 Å². The van der Waals surface area contributed by atoms with Crippen molar-refractivity contribution < 1.29 is 13.2 Å². The monoisotopic (exact) mass is 588 g/mol. The van der Waals surface area contributed by atoms with Gasteiger partial charge in [0, 0.05) is 33.3 Å². The van der Waals surface area contributed by atoms with Crippen LogP contribution in [0.1, 0.15) is 56.6 Å². The minimum absolute atomic E-state index is 0.0333. The van der Waals surface area contributed by atoms with Crippen LogP contribution in [0.2, 0.25) is 0 Å². The van der Waals surface area contributed by atoms with Gasteiger partial charge in [-0.2, -0.15) is 4.39 Å². The predicted molar refractivity (Wildman–Crippen MR) is 143 cm³/mol. The number of alkyl halides is 2. The van der Waals surface area contributed by atoms with Gasteiger partial charge in [-0.05, 0) is 59.3 Å². The number of aryl methyl sites for hydroxylation is 1. The van der Waals surface area contributed by atoms with E-state index in [9.17, 15) is 13.2 Å². The second-order valence-electron chi connectivity index (χ2n) is 10.9. The van der Waals surface area contributed by atoms with Crippen molar-refractivity contribution in [3.05, 3.63) is 64.2 Å². The zero-order valence-corrected chi connectivity index (χ0v) is 23.0. The Morgan fingerprint density at radius 1 is 1.16 bits per heavy atom. The predicted octanol–water partition coefficient (Wildman–Crippen LogP) is 6.24. The van der Waals surface area contributed by atoms with E-state index in [-0.39, 0.29) is 5.41 Å². The Labute approximate surface area is 226 Å². The summed E-state index contributed by atoms with van der Waals surface area (Å²) in [7, 11) is 0. The number of fused-ring (bicyclic) bond motifs is 1. The number of hydrogen-bond donors (Lipinski definition) is 2. The second kappa shape index (κ2) is 9.79. The summed E-state index contributed by atoms with van der Waals surface area (Å²) < 4.78 is 43.3. The molecule has 1 fully saturated rings. The first-order chi connectivity index (χ1) is 18.0. The number of nitrogens with zero attached hydrogens (tertiary/aromatic N) is 6. The maximum Gasteiger partial charge on any atom is 0.263 e. The molecule has 1 atom stereocenters. The van der Waals surface area contributed by atoms with Gasteiger partial charge >= 0.3 is 0 Å². The van der Waals surface area contributed by atoms with Crippen molar-refractivity contribution >= 4 is 38.3 Å². The van der Waals surface area contributed by atoms with Gasteiger partial charge in [0.05, 0.1) is 17.8 Å². The third-order valence-corrected chi connectivity index (χ3v) is 7.23. The first-order valence-corrected chi connectivity index (χ1v) is 13.0. The number of halogens is 4. The van der Waals surface area contributed by atoms with Crippen LogP contribution in [0.4, 0.5) is 24.7 Å². The molecule has 38 heavy (non-hydrogen) atoms. The Morgan fingerprint density at radius 3 is 2.58 bits per heavy atom. The summed E-state index contributed by atoms with van der Waals surface area (Å²) in [5, 5.41) is 15.9. The molecule has 12 heteroatoms. The number of nitrogens with one attached hydrogen (secondary N) is 2. The minimum Gasteiger partial charge on any atom is -0.373 e. The van der Waals surface area contributed by atoms with E-state index in [0.717, 1.165) is 15.4 Å². The topological polar surface area (TPSA) is 93.4 Å². The van der Waals surface area contributed by atoms with Crippen molar-refractivity contribution in [1.29, 1.82) is 0 Å². The van der Waals surface area contributed by atoms with Crippen LogP contribution in [0.15, 0.2) is 41.3 Å². The lowest BCUT2D eigenvalue weighted by Gasteiger charge is -2.22. The van der Waals surface area contributed by atoms with E-state index in [1.54, 1.807) is 13.0 Å². The number of hydrogen-bond acceptors (Lipinski definition) is 7. The van der Waals surface area contributed by atoms with Crippen molar-refractivity contribution in [2.24, 2.45) is 5.41 Å². The maximum absolute atomic E-state index is 13.9. The van der Waals surface area contributed by atoms with E-state index in [1.165, 1.54) is 23.3 Å². The molecule has 3 heterocycles. The third-order valence-electron chi connectivity index (χ3n) is 6.62. The van der Waals surface area contributed by atoms with Gasteiger partial charge in [0.25, 0.3) is 6.43 Å². The normalized spacial score (nSPS) is 15.6. The Morgan fingerprint density at radius 2 is 1.92 bits per heavy atom. The molecule has 1 aromatic carbocycles. The lowest BCUT2D eigenvalue weighted by atomic mass is 9.97. The highest BCUT2D eigenvalue weighted by Crippen LogP contribution is 2.48. The van der Waals surface area contributed by atoms with Gasteiger partial charge in [0.15, 0.2) is 0 Å². The molecule has 4 aromatic rings.